The first-order valence-corrected chi connectivity index (χ1v) is 6.42. The average molecular weight is 236 g/mol. The van der Waals surface area contributed by atoms with Crippen LogP contribution in [0.1, 0.15) is 45.2 Å². The van der Waals surface area contributed by atoms with E-state index in [2.05, 4.69) is 37.1 Å². The molecule has 96 valence electrons. The molecule has 17 heavy (non-hydrogen) atoms. The van der Waals surface area contributed by atoms with E-state index in [9.17, 15) is 0 Å². The molecular weight excluding hydrogens is 212 g/mol. The molecule has 0 radical (unpaired) electrons. The van der Waals surface area contributed by atoms with Crippen LogP contribution in [0, 0.1) is 5.92 Å². The lowest BCUT2D eigenvalue weighted by Crippen LogP contribution is -2.33. The normalized spacial score (nSPS) is 14.9. The van der Waals surface area contributed by atoms with Gasteiger partial charge in [-0.2, -0.15) is 0 Å². The highest BCUT2D eigenvalue weighted by Crippen LogP contribution is 2.21. The molecule has 0 spiro atoms. The number of hydrogen-bond donors (Lipinski definition) is 2. The number of aliphatic hydroxyl groups excluding tert-OH is 1. The lowest BCUT2D eigenvalue weighted by Gasteiger charge is -2.26. The third-order valence-electron chi connectivity index (χ3n) is 2.97. The number of nitrogens with one attached hydrogen (secondary N) is 1. The van der Waals surface area contributed by atoms with E-state index in [4.69, 9.17) is 5.11 Å². The van der Waals surface area contributed by atoms with Crippen LogP contribution >= 0.6 is 0 Å². The molecule has 0 saturated carbocycles. The van der Waals surface area contributed by atoms with Crippen LogP contribution in [-0.4, -0.2) is 22.7 Å². The van der Waals surface area contributed by atoms with Gasteiger partial charge in [0.15, 0.2) is 0 Å². The summed E-state index contributed by atoms with van der Waals surface area (Å²) in [6.07, 6.45) is 5.58. The quantitative estimate of drug-likeness (QED) is 0.764. The van der Waals surface area contributed by atoms with Crippen LogP contribution in [0.2, 0.25) is 0 Å². The van der Waals surface area contributed by atoms with E-state index in [-0.39, 0.29) is 6.61 Å². The second kappa shape index (κ2) is 7.41. The van der Waals surface area contributed by atoms with Crippen molar-refractivity contribution in [3.05, 3.63) is 30.1 Å². The summed E-state index contributed by atoms with van der Waals surface area (Å²) >= 11 is 0. The van der Waals surface area contributed by atoms with Crippen molar-refractivity contribution in [2.24, 2.45) is 5.92 Å². The summed E-state index contributed by atoms with van der Waals surface area (Å²) < 4.78 is 0. The summed E-state index contributed by atoms with van der Waals surface area (Å²) in [4.78, 5) is 4.18. The first kappa shape index (κ1) is 14.1. The molecule has 0 saturated heterocycles. The van der Waals surface area contributed by atoms with Crippen LogP contribution < -0.4 is 5.32 Å². The molecule has 1 rings (SSSR count). The summed E-state index contributed by atoms with van der Waals surface area (Å²) in [5, 5.41) is 12.5. The van der Waals surface area contributed by atoms with Gasteiger partial charge in [-0.15, -0.1) is 0 Å². The minimum absolute atomic E-state index is 0.269. The molecule has 1 aromatic rings. The van der Waals surface area contributed by atoms with Crippen LogP contribution in [0.3, 0.4) is 0 Å². The van der Waals surface area contributed by atoms with Crippen molar-refractivity contribution in [1.29, 1.82) is 0 Å². The fraction of sp³-hybridized carbons (Fsp3) is 0.643. The van der Waals surface area contributed by atoms with Gasteiger partial charge in [0.1, 0.15) is 0 Å². The first-order valence-electron chi connectivity index (χ1n) is 6.42. The van der Waals surface area contributed by atoms with Gasteiger partial charge in [0, 0.05) is 31.1 Å². The van der Waals surface area contributed by atoms with Crippen molar-refractivity contribution < 1.29 is 5.11 Å². The largest absolute Gasteiger partial charge is 0.396 e. The number of aromatic nitrogens is 1. The molecule has 0 amide bonds. The molecule has 0 aromatic carbocycles. The average Bonchev–Trinajstić information content (AvgIpc) is 2.34. The SMILES string of the molecule is CC(CCCO)NC(c1cccnc1)C(C)C. The van der Waals surface area contributed by atoms with E-state index in [1.54, 1.807) is 6.20 Å². The number of pyridine rings is 1. The number of nitrogens with zero attached hydrogens (tertiary/aromatic N) is 1. The fourth-order valence-electron chi connectivity index (χ4n) is 2.02. The Morgan fingerprint density at radius 1 is 1.35 bits per heavy atom. The molecule has 0 bridgehead atoms. The van der Waals surface area contributed by atoms with Gasteiger partial charge in [-0.1, -0.05) is 19.9 Å². The first-order chi connectivity index (χ1) is 8.15. The van der Waals surface area contributed by atoms with Crippen LogP contribution in [0.5, 0.6) is 0 Å². The molecule has 3 heteroatoms. The third kappa shape index (κ3) is 4.84. The second-order valence-corrected chi connectivity index (χ2v) is 4.94. The Morgan fingerprint density at radius 3 is 2.65 bits per heavy atom. The minimum atomic E-state index is 0.269. The summed E-state index contributed by atoms with van der Waals surface area (Å²) in [5.74, 6) is 0.524. The van der Waals surface area contributed by atoms with E-state index in [1.807, 2.05) is 12.3 Å². The molecule has 1 aromatic heterocycles. The Labute approximate surface area is 104 Å². The highest BCUT2D eigenvalue weighted by molar-refractivity contribution is 5.14. The Bertz CT molecular complexity index is 300. The number of rotatable bonds is 7. The van der Waals surface area contributed by atoms with Crippen LogP contribution in [0.15, 0.2) is 24.5 Å². The molecule has 3 nitrogen and oxygen atoms in total. The Hall–Kier alpha value is -0.930. The van der Waals surface area contributed by atoms with Crippen molar-refractivity contribution in [1.82, 2.24) is 10.3 Å². The van der Waals surface area contributed by atoms with Gasteiger partial charge >= 0.3 is 0 Å². The van der Waals surface area contributed by atoms with E-state index in [0.717, 1.165) is 12.8 Å². The zero-order chi connectivity index (χ0) is 12.7. The van der Waals surface area contributed by atoms with Gasteiger partial charge in [0.25, 0.3) is 0 Å². The van der Waals surface area contributed by atoms with Crippen LogP contribution in [-0.2, 0) is 0 Å². The molecule has 0 aliphatic heterocycles. The lowest BCUT2D eigenvalue weighted by atomic mass is 9.96. The van der Waals surface area contributed by atoms with Crippen molar-refractivity contribution in [2.45, 2.75) is 45.7 Å². The van der Waals surface area contributed by atoms with Gasteiger partial charge < -0.3 is 10.4 Å². The van der Waals surface area contributed by atoms with Gasteiger partial charge in [0.05, 0.1) is 0 Å². The highest BCUT2D eigenvalue weighted by Gasteiger charge is 2.17. The maximum atomic E-state index is 8.84. The molecule has 2 atom stereocenters. The van der Waals surface area contributed by atoms with Gasteiger partial charge in [-0.3, -0.25) is 4.98 Å². The fourth-order valence-corrected chi connectivity index (χ4v) is 2.02. The Kier molecular flexibility index (Phi) is 6.16. The lowest BCUT2D eigenvalue weighted by molar-refractivity contribution is 0.269. The Morgan fingerprint density at radius 2 is 2.12 bits per heavy atom. The molecule has 0 fully saturated rings. The maximum absolute atomic E-state index is 8.84. The molecule has 0 aliphatic rings. The van der Waals surface area contributed by atoms with E-state index in [1.165, 1.54) is 5.56 Å². The minimum Gasteiger partial charge on any atom is -0.396 e. The molecule has 2 N–H and O–H groups in total. The van der Waals surface area contributed by atoms with E-state index >= 15 is 0 Å². The van der Waals surface area contributed by atoms with Crippen molar-refractivity contribution in [3.8, 4) is 0 Å². The number of hydrogen-bond acceptors (Lipinski definition) is 3. The second-order valence-electron chi connectivity index (χ2n) is 4.94. The Balaban J connectivity index is 2.61. The monoisotopic (exact) mass is 236 g/mol. The summed E-state index contributed by atoms with van der Waals surface area (Å²) in [6, 6.07) is 4.83. The van der Waals surface area contributed by atoms with E-state index < -0.39 is 0 Å². The van der Waals surface area contributed by atoms with Crippen molar-refractivity contribution >= 4 is 0 Å². The topological polar surface area (TPSA) is 45.1 Å². The summed E-state index contributed by atoms with van der Waals surface area (Å²) in [6.45, 7) is 6.86. The van der Waals surface area contributed by atoms with Crippen LogP contribution in [0.25, 0.3) is 0 Å². The van der Waals surface area contributed by atoms with Gasteiger partial charge in [0.2, 0.25) is 0 Å². The molecule has 0 aliphatic carbocycles. The van der Waals surface area contributed by atoms with Crippen LogP contribution in [0.4, 0.5) is 0 Å². The third-order valence-corrected chi connectivity index (χ3v) is 2.97. The predicted molar refractivity (Wildman–Crippen MR) is 70.7 cm³/mol. The standard InChI is InChI=1S/C14H24N2O/c1-11(2)14(13-7-4-8-15-10-13)16-12(3)6-5-9-17/h4,7-8,10-12,14,16-17H,5-6,9H2,1-3H3. The highest BCUT2D eigenvalue weighted by atomic mass is 16.2. The zero-order valence-corrected chi connectivity index (χ0v) is 11.1. The van der Waals surface area contributed by atoms with Crippen molar-refractivity contribution in [3.63, 3.8) is 0 Å². The van der Waals surface area contributed by atoms with E-state index in [0.29, 0.717) is 18.0 Å². The maximum Gasteiger partial charge on any atom is 0.0431 e. The van der Waals surface area contributed by atoms with Gasteiger partial charge in [-0.25, -0.2) is 0 Å². The van der Waals surface area contributed by atoms with Gasteiger partial charge in [-0.05, 0) is 37.3 Å². The number of aliphatic hydroxyl groups is 1. The molecular formula is C14H24N2O. The predicted octanol–water partition coefficient (Wildman–Crippen LogP) is 2.53. The van der Waals surface area contributed by atoms with Crippen molar-refractivity contribution in [2.75, 3.05) is 6.61 Å². The molecule has 1 heterocycles. The summed E-state index contributed by atoms with van der Waals surface area (Å²) in [7, 11) is 0. The molecule has 2 unspecified atom stereocenters. The smallest absolute Gasteiger partial charge is 0.0431 e. The zero-order valence-electron chi connectivity index (χ0n) is 11.1. The summed E-state index contributed by atoms with van der Waals surface area (Å²) in [5.41, 5.74) is 1.23.